The van der Waals surface area contributed by atoms with Gasteiger partial charge in [0, 0.05) is 0 Å². The number of hydrogen-bond donors (Lipinski definition) is 1. The first-order valence-corrected chi connectivity index (χ1v) is 5.40. The van der Waals surface area contributed by atoms with E-state index in [1.807, 2.05) is 0 Å². The van der Waals surface area contributed by atoms with Gasteiger partial charge in [-0.25, -0.2) is 14.8 Å². The summed E-state index contributed by atoms with van der Waals surface area (Å²) in [4.78, 5) is 18.2. The summed E-state index contributed by atoms with van der Waals surface area (Å²) in [5.41, 5.74) is -0.00941. The Bertz CT molecular complexity index is 300. The largest absolute Gasteiger partial charge is 0.476 e. The zero-order valence-electron chi connectivity index (χ0n) is 7.93. The van der Waals surface area contributed by atoms with E-state index < -0.39 is 5.97 Å². The fraction of sp³-hybridized carbons (Fsp3) is 0.444. The van der Waals surface area contributed by atoms with Crippen LogP contribution in [0.4, 0.5) is 0 Å². The van der Waals surface area contributed by atoms with Gasteiger partial charge in [0.2, 0.25) is 0 Å². The number of rotatable bonds is 5. The second-order valence-corrected chi connectivity index (χ2v) is 3.86. The molecule has 0 atom stereocenters. The van der Waals surface area contributed by atoms with Crippen LogP contribution in [0.15, 0.2) is 17.4 Å². The zero-order valence-corrected chi connectivity index (χ0v) is 8.75. The zero-order chi connectivity index (χ0) is 10.4. The van der Waals surface area contributed by atoms with Crippen molar-refractivity contribution >= 4 is 17.7 Å². The Morgan fingerprint density at radius 3 is 2.79 bits per heavy atom. The van der Waals surface area contributed by atoms with Gasteiger partial charge in [0.15, 0.2) is 5.69 Å². The molecule has 5 heteroatoms. The molecule has 14 heavy (non-hydrogen) atoms. The van der Waals surface area contributed by atoms with Crippen molar-refractivity contribution in [1.29, 1.82) is 0 Å². The van der Waals surface area contributed by atoms with Crippen molar-refractivity contribution in [3.8, 4) is 0 Å². The van der Waals surface area contributed by atoms with Gasteiger partial charge in [-0.05, 0) is 12.2 Å². The fourth-order valence-electron chi connectivity index (χ4n) is 0.822. The smallest absolute Gasteiger partial charge is 0.356 e. The monoisotopic (exact) mass is 212 g/mol. The first-order chi connectivity index (χ1) is 6.74. The van der Waals surface area contributed by atoms with Gasteiger partial charge in [0.1, 0.15) is 5.03 Å². The van der Waals surface area contributed by atoms with E-state index in [9.17, 15) is 4.79 Å². The maximum atomic E-state index is 10.5. The predicted molar refractivity (Wildman–Crippen MR) is 54.6 cm³/mol. The van der Waals surface area contributed by atoms with Crippen molar-refractivity contribution in [3.63, 3.8) is 0 Å². The Morgan fingerprint density at radius 2 is 2.29 bits per heavy atom. The van der Waals surface area contributed by atoms with Crippen molar-refractivity contribution < 1.29 is 9.90 Å². The summed E-state index contributed by atoms with van der Waals surface area (Å²) in [5, 5.41) is 9.36. The number of carbonyl (C=O) groups is 1. The lowest BCUT2D eigenvalue weighted by molar-refractivity contribution is 0.0689. The molecule has 1 aromatic rings. The van der Waals surface area contributed by atoms with E-state index in [0.29, 0.717) is 0 Å². The molecule has 4 nitrogen and oxygen atoms in total. The van der Waals surface area contributed by atoms with Crippen LogP contribution in [0.3, 0.4) is 0 Å². The Balaban J connectivity index is 2.51. The minimum absolute atomic E-state index is 0.00941. The molecule has 0 aromatic carbocycles. The highest BCUT2D eigenvalue weighted by molar-refractivity contribution is 7.99. The number of aromatic carboxylic acids is 1. The van der Waals surface area contributed by atoms with Crippen LogP contribution in [0.5, 0.6) is 0 Å². The van der Waals surface area contributed by atoms with Crippen LogP contribution >= 0.6 is 11.8 Å². The van der Waals surface area contributed by atoms with Gasteiger partial charge in [-0.1, -0.05) is 13.3 Å². The molecule has 76 valence electrons. The molecule has 1 aromatic heterocycles. The molecule has 0 saturated heterocycles. The summed E-state index contributed by atoms with van der Waals surface area (Å²) in [5.74, 6) is -0.0416. The molecule has 1 N–H and O–H groups in total. The van der Waals surface area contributed by atoms with E-state index in [1.165, 1.54) is 12.4 Å². The number of thioether (sulfide) groups is 1. The minimum atomic E-state index is -1.04. The van der Waals surface area contributed by atoms with Crippen LogP contribution in [0.2, 0.25) is 0 Å². The predicted octanol–water partition coefficient (Wildman–Crippen LogP) is 2.07. The van der Waals surface area contributed by atoms with Gasteiger partial charge in [-0.15, -0.1) is 11.8 Å². The highest BCUT2D eigenvalue weighted by atomic mass is 32.2. The summed E-state index contributed by atoms with van der Waals surface area (Å²) in [6, 6.07) is 0. The van der Waals surface area contributed by atoms with Gasteiger partial charge >= 0.3 is 5.97 Å². The van der Waals surface area contributed by atoms with Crippen LogP contribution in [-0.2, 0) is 0 Å². The molecule has 1 heterocycles. The van der Waals surface area contributed by atoms with Crippen molar-refractivity contribution in [2.75, 3.05) is 5.75 Å². The number of hydrogen-bond acceptors (Lipinski definition) is 4. The second-order valence-electron chi connectivity index (χ2n) is 2.75. The Hall–Kier alpha value is -1.10. The van der Waals surface area contributed by atoms with Gasteiger partial charge < -0.3 is 5.11 Å². The topological polar surface area (TPSA) is 63.1 Å². The lowest BCUT2D eigenvalue weighted by atomic mass is 10.4. The Labute approximate surface area is 86.8 Å². The van der Waals surface area contributed by atoms with E-state index in [0.717, 1.165) is 23.6 Å². The highest BCUT2D eigenvalue weighted by Gasteiger charge is 2.04. The van der Waals surface area contributed by atoms with Crippen LogP contribution in [0.1, 0.15) is 30.3 Å². The molecular weight excluding hydrogens is 200 g/mol. The molecule has 0 aliphatic carbocycles. The molecular formula is C9H12N2O2S. The molecule has 0 unspecified atom stereocenters. The second kappa shape index (κ2) is 5.59. The maximum Gasteiger partial charge on any atom is 0.356 e. The molecule has 1 rings (SSSR count). The highest BCUT2D eigenvalue weighted by Crippen LogP contribution is 2.15. The van der Waals surface area contributed by atoms with Crippen molar-refractivity contribution in [2.24, 2.45) is 0 Å². The fourth-order valence-corrected chi connectivity index (χ4v) is 1.72. The molecule has 0 spiro atoms. The summed E-state index contributed by atoms with van der Waals surface area (Å²) in [7, 11) is 0. The van der Waals surface area contributed by atoms with E-state index in [-0.39, 0.29) is 5.69 Å². The summed E-state index contributed by atoms with van der Waals surface area (Å²) < 4.78 is 0. The van der Waals surface area contributed by atoms with Crippen molar-refractivity contribution in [2.45, 2.75) is 24.8 Å². The van der Waals surface area contributed by atoms with Crippen LogP contribution in [0.25, 0.3) is 0 Å². The van der Waals surface area contributed by atoms with Crippen LogP contribution in [-0.4, -0.2) is 26.8 Å². The quantitative estimate of drug-likeness (QED) is 0.598. The normalized spacial score (nSPS) is 10.1. The molecule has 0 bridgehead atoms. The van der Waals surface area contributed by atoms with Crippen molar-refractivity contribution in [3.05, 3.63) is 18.1 Å². The summed E-state index contributed by atoms with van der Waals surface area (Å²) in [6.45, 7) is 2.12. The van der Waals surface area contributed by atoms with Gasteiger partial charge in [-0.2, -0.15) is 0 Å². The average molecular weight is 212 g/mol. The SMILES string of the molecule is CCCCSc1cnc(C(=O)O)cn1. The number of carboxylic acids is 1. The molecule has 0 aliphatic rings. The molecule has 0 saturated carbocycles. The lowest BCUT2D eigenvalue weighted by Gasteiger charge is -1.98. The van der Waals surface area contributed by atoms with Gasteiger partial charge in [0.05, 0.1) is 12.4 Å². The Kier molecular flexibility index (Phi) is 4.39. The van der Waals surface area contributed by atoms with E-state index in [1.54, 1.807) is 11.8 Å². The van der Waals surface area contributed by atoms with Gasteiger partial charge in [0.25, 0.3) is 0 Å². The van der Waals surface area contributed by atoms with Crippen molar-refractivity contribution in [1.82, 2.24) is 9.97 Å². The Morgan fingerprint density at radius 1 is 1.50 bits per heavy atom. The molecule has 0 aliphatic heterocycles. The molecule has 0 fully saturated rings. The number of carboxylic acid groups (broad SMARTS) is 1. The first kappa shape index (κ1) is 11.0. The van der Waals surface area contributed by atoms with Gasteiger partial charge in [-0.3, -0.25) is 0 Å². The van der Waals surface area contributed by atoms with Crippen LogP contribution < -0.4 is 0 Å². The van der Waals surface area contributed by atoms with E-state index in [2.05, 4.69) is 16.9 Å². The summed E-state index contributed by atoms with van der Waals surface area (Å²) in [6.07, 6.45) is 5.07. The maximum absolute atomic E-state index is 10.5. The molecule has 0 amide bonds. The first-order valence-electron chi connectivity index (χ1n) is 4.42. The third kappa shape index (κ3) is 3.33. The number of unbranched alkanes of at least 4 members (excludes halogenated alkanes) is 1. The third-order valence-corrected chi connectivity index (χ3v) is 2.59. The van der Waals surface area contributed by atoms with E-state index >= 15 is 0 Å². The third-order valence-electron chi connectivity index (χ3n) is 1.60. The number of aromatic nitrogens is 2. The minimum Gasteiger partial charge on any atom is -0.476 e. The van der Waals surface area contributed by atoms with Crippen LogP contribution in [0, 0.1) is 0 Å². The standard InChI is InChI=1S/C9H12N2O2S/c1-2-3-4-14-8-6-10-7(5-11-8)9(12)13/h5-6H,2-4H2,1H3,(H,12,13). The average Bonchev–Trinajstić information content (AvgIpc) is 2.19. The summed E-state index contributed by atoms with van der Waals surface area (Å²) >= 11 is 1.60. The van der Waals surface area contributed by atoms with E-state index in [4.69, 9.17) is 5.11 Å². The molecule has 0 radical (unpaired) electrons. The number of nitrogens with zero attached hydrogens (tertiary/aromatic N) is 2. The lowest BCUT2D eigenvalue weighted by Crippen LogP contribution is -2.00.